The summed E-state index contributed by atoms with van der Waals surface area (Å²) in [6.45, 7) is 0. The first-order valence-corrected chi connectivity index (χ1v) is 7.72. The molecule has 2 rings (SSSR count). The monoisotopic (exact) mass is 302 g/mol. The molecule has 3 N–H and O–H groups in total. The van der Waals surface area contributed by atoms with Crippen molar-refractivity contribution in [2.45, 2.75) is 9.79 Å². The van der Waals surface area contributed by atoms with Crippen LogP contribution in [0.25, 0.3) is 10.8 Å². The molecule has 0 atom stereocenters. The smallest absolute Gasteiger partial charge is 0.297 e. The molecule has 0 saturated carbocycles. The normalized spacial score (nSPS) is 12.7. The van der Waals surface area contributed by atoms with E-state index in [-0.39, 0.29) is 10.8 Å². The maximum Gasteiger partial charge on any atom is 0.297 e. The van der Waals surface area contributed by atoms with Crippen LogP contribution in [0.4, 0.5) is 5.69 Å². The molecule has 0 heterocycles. The fourth-order valence-electron chi connectivity index (χ4n) is 1.80. The van der Waals surface area contributed by atoms with Gasteiger partial charge in [-0.15, -0.1) is 0 Å². The Bertz CT molecular complexity index is 870. The molecule has 0 fully saturated rings. The topological polar surface area (TPSA) is 133 Å². The van der Waals surface area contributed by atoms with Crippen molar-refractivity contribution in [3.63, 3.8) is 0 Å². The molecule has 0 unspecified atom stereocenters. The molecule has 2 aromatic carbocycles. The molecular formula is C10H8NO6S2. The van der Waals surface area contributed by atoms with Crippen LogP contribution in [0.2, 0.25) is 0 Å². The summed E-state index contributed by atoms with van der Waals surface area (Å²) in [6, 6.07) is 5.76. The van der Waals surface area contributed by atoms with Gasteiger partial charge in [-0.25, -0.2) is 0 Å². The fraction of sp³-hybridized carbons (Fsp3) is 0. The third-order valence-corrected chi connectivity index (χ3v) is 4.38. The summed E-state index contributed by atoms with van der Waals surface area (Å²) in [4.78, 5) is -1.19. The van der Waals surface area contributed by atoms with Crippen LogP contribution in [0.5, 0.6) is 0 Å². The molecule has 0 aromatic heterocycles. The van der Waals surface area contributed by atoms with Crippen LogP contribution in [0.15, 0.2) is 40.1 Å². The lowest BCUT2D eigenvalue weighted by Crippen LogP contribution is -2.03. The lowest BCUT2D eigenvalue weighted by molar-refractivity contribution is 0.481. The van der Waals surface area contributed by atoms with Gasteiger partial charge in [0.1, 0.15) is 9.79 Å². The zero-order valence-corrected chi connectivity index (χ0v) is 10.9. The van der Waals surface area contributed by atoms with Crippen molar-refractivity contribution in [1.82, 2.24) is 5.73 Å². The number of hydrogen-bond donors (Lipinski definition) is 2. The van der Waals surface area contributed by atoms with Gasteiger partial charge in [0, 0.05) is 10.8 Å². The van der Waals surface area contributed by atoms with Gasteiger partial charge in [0.15, 0.2) is 0 Å². The lowest BCUT2D eigenvalue weighted by atomic mass is 10.1. The third kappa shape index (κ3) is 2.40. The Morgan fingerprint density at radius 1 is 0.842 bits per heavy atom. The van der Waals surface area contributed by atoms with E-state index in [0.717, 1.165) is 12.1 Å². The summed E-state index contributed by atoms with van der Waals surface area (Å²) >= 11 is 0. The van der Waals surface area contributed by atoms with Crippen LogP contribution in [0.3, 0.4) is 0 Å². The van der Waals surface area contributed by atoms with Gasteiger partial charge in [-0.05, 0) is 12.1 Å². The van der Waals surface area contributed by atoms with Crippen LogP contribution in [0, 0.1) is 0 Å². The average Bonchev–Trinajstić information content (AvgIpc) is 2.24. The van der Waals surface area contributed by atoms with Crippen molar-refractivity contribution in [3.05, 3.63) is 30.3 Å². The van der Waals surface area contributed by atoms with E-state index in [1.165, 1.54) is 18.2 Å². The molecule has 0 amide bonds. The zero-order chi connectivity index (χ0) is 14.4. The van der Waals surface area contributed by atoms with Crippen LogP contribution in [-0.4, -0.2) is 25.9 Å². The lowest BCUT2D eigenvalue weighted by Gasteiger charge is -2.09. The Hall–Kier alpha value is -1.68. The van der Waals surface area contributed by atoms with Crippen molar-refractivity contribution in [2.24, 2.45) is 0 Å². The van der Waals surface area contributed by atoms with E-state index >= 15 is 0 Å². The summed E-state index contributed by atoms with van der Waals surface area (Å²) in [5, 5.41) is -0.237. The molecule has 0 aliphatic carbocycles. The Balaban J connectivity index is 3.07. The summed E-state index contributed by atoms with van der Waals surface area (Å²) in [6.07, 6.45) is 0. The second-order valence-corrected chi connectivity index (χ2v) is 6.49. The van der Waals surface area contributed by atoms with Gasteiger partial charge in [0.05, 0.1) is 5.69 Å². The van der Waals surface area contributed by atoms with Gasteiger partial charge in [-0.3, -0.25) is 14.8 Å². The summed E-state index contributed by atoms with van der Waals surface area (Å²) < 4.78 is 63.0. The maximum absolute atomic E-state index is 11.3. The Morgan fingerprint density at radius 3 is 2.00 bits per heavy atom. The zero-order valence-electron chi connectivity index (χ0n) is 9.23. The third-order valence-electron chi connectivity index (χ3n) is 2.51. The minimum absolute atomic E-state index is 0.0892. The Kier molecular flexibility index (Phi) is 3.01. The highest BCUT2D eigenvalue weighted by atomic mass is 32.2. The number of benzene rings is 2. The average molecular weight is 302 g/mol. The Labute approximate surface area is 109 Å². The molecule has 0 saturated heterocycles. The van der Waals surface area contributed by atoms with Crippen molar-refractivity contribution in [3.8, 4) is 0 Å². The second kappa shape index (κ2) is 4.17. The van der Waals surface area contributed by atoms with E-state index in [1.54, 1.807) is 0 Å². The highest BCUT2D eigenvalue weighted by Gasteiger charge is 2.22. The summed E-state index contributed by atoms with van der Waals surface area (Å²) in [5.41, 5.74) is 7.01. The van der Waals surface area contributed by atoms with Crippen molar-refractivity contribution in [2.75, 3.05) is 0 Å². The van der Waals surface area contributed by atoms with Crippen molar-refractivity contribution < 1.29 is 25.9 Å². The first kappa shape index (κ1) is 13.7. The number of rotatable bonds is 2. The summed E-state index contributed by atoms with van der Waals surface area (Å²) in [5.74, 6) is 0. The standard InChI is InChI=1S/C10H8NO6S2/c11-8-5-4-6-7(10(8)19(15,16)17)2-1-3-9(6)18(12,13)14/h1-5,11H,(H,12,13,14)(H,15,16,17). The number of hydrogen-bond acceptors (Lipinski definition) is 4. The molecule has 0 aliphatic rings. The van der Waals surface area contributed by atoms with Gasteiger partial charge >= 0.3 is 0 Å². The van der Waals surface area contributed by atoms with E-state index in [1.807, 2.05) is 0 Å². The molecule has 101 valence electrons. The highest BCUT2D eigenvalue weighted by molar-refractivity contribution is 7.86. The minimum atomic E-state index is -4.69. The Morgan fingerprint density at radius 2 is 1.47 bits per heavy atom. The predicted molar refractivity (Wildman–Crippen MR) is 66.3 cm³/mol. The predicted octanol–water partition coefficient (Wildman–Crippen LogP) is 1.25. The molecule has 2 aromatic rings. The SMILES string of the molecule is [NH]c1ccc2c(S(=O)(=O)O)cccc2c1S(=O)(=O)O. The van der Waals surface area contributed by atoms with Crippen LogP contribution < -0.4 is 5.73 Å². The van der Waals surface area contributed by atoms with Crippen LogP contribution in [0.1, 0.15) is 0 Å². The van der Waals surface area contributed by atoms with Gasteiger partial charge in [0.2, 0.25) is 0 Å². The van der Waals surface area contributed by atoms with Gasteiger partial charge in [0.25, 0.3) is 20.2 Å². The molecule has 0 bridgehead atoms. The largest absolute Gasteiger partial charge is 0.299 e. The first-order valence-electron chi connectivity index (χ1n) is 4.84. The molecule has 9 heteroatoms. The first-order chi connectivity index (χ1) is 8.62. The molecule has 0 spiro atoms. The van der Waals surface area contributed by atoms with E-state index < -0.39 is 35.7 Å². The van der Waals surface area contributed by atoms with E-state index in [2.05, 4.69) is 0 Å². The minimum Gasteiger partial charge on any atom is -0.299 e. The van der Waals surface area contributed by atoms with Crippen molar-refractivity contribution >= 4 is 36.7 Å². The quantitative estimate of drug-likeness (QED) is 0.802. The number of nitrogens with one attached hydrogen (secondary N) is 1. The number of fused-ring (bicyclic) bond motifs is 1. The molecule has 1 radical (unpaired) electrons. The van der Waals surface area contributed by atoms with Gasteiger partial charge in [-0.2, -0.15) is 16.8 Å². The maximum atomic E-state index is 11.3. The highest BCUT2D eigenvalue weighted by Crippen LogP contribution is 2.32. The van der Waals surface area contributed by atoms with Gasteiger partial charge < -0.3 is 0 Å². The molecule has 7 nitrogen and oxygen atoms in total. The molecule has 0 aliphatic heterocycles. The molecular weight excluding hydrogens is 294 g/mol. The van der Waals surface area contributed by atoms with E-state index in [4.69, 9.17) is 14.8 Å². The summed E-state index contributed by atoms with van der Waals surface area (Å²) in [7, 11) is -9.23. The van der Waals surface area contributed by atoms with Crippen molar-refractivity contribution in [1.29, 1.82) is 0 Å². The van der Waals surface area contributed by atoms with Gasteiger partial charge in [-0.1, -0.05) is 18.2 Å². The fourth-order valence-corrected chi connectivity index (χ4v) is 3.31. The van der Waals surface area contributed by atoms with E-state index in [9.17, 15) is 16.8 Å². The van der Waals surface area contributed by atoms with Crippen LogP contribution in [-0.2, 0) is 20.2 Å². The second-order valence-electron chi connectivity index (χ2n) is 3.74. The van der Waals surface area contributed by atoms with Crippen LogP contribution >= 0.6 is 0 Å². The van der Waals surface area contributed by atoms with E-state index in [0.29, 0.717) is 0 Å². The molecule has 19 heavy (non-hydrogen) atoms.